The van der Waals surface area contributed by atoms with Gasteiger partial charge in [-0.2, -0.15) is 0 Å². The molecule has 0 heterocycles. The lowest BCUT2D eigenvalue weighted by atomic mass is 9.55. The Bertz CT molecular complexity index is 1130. The quantitative estimate of drug-likeness (QED) is 0.264. The zero-order valence-corrected chi connectivity index (χ0v) is 30.3. The number of hydrogen-bond acceptors (Lipinski definition) is 0. The maximum absolute atomic E-state index is 2.70. The van der Waals surface area contributed by atoms with Crippen LogP contribution in [0.3, 0.4) is 0 Å². The van der Waals surface area contributed by atoms with Crippen LogP contribution in [0.25, 0.3) is 0 Å². The molecule has 12 aliphatic rings. The molecule has 44 heavy (non-hydrogen) atoms. The first-order valence-corrected chi connectivity index (χ1v) is 22.8. The Balaban J connectivity index is 1.02. The second-order valence-corrected chi connectivity index (χ2v) is 27.1. The predicted molar refractivity (Wildman–Crippen MR) is 190 cm³/mol. The van der Waals surface area contributed by atoms with Crippen molar-refractivity contribution in [2.24, 2.45) is 53.3 Å². The Hall–Kier alpha value is 0.0800. The first-order chi connectivity index (χ1) is 21.1. The summed E-state index contributed by atoms with van der Waals surface area (Å²) in [5.74, 6) is 9.80. The molecule has 12 aliphatic carbocycles. The minimum Gasteiger partial charge on any atom is -0.0903 e. The van der Waals surface area contributed by atoms with E-state index in [1.807, 2.05) is 11.1 Å². The van der Waals surface area contributed by atoms with Crippen LogP contribution >= 0.6 is 15.8 Å². The zero-order chi connectivity index (χ0) is 29.5. The van der Waals surface area contributed by atoms with Gasteiger partial charge in [0.25, 0.3) is 0 Å². The molecule has 0 spiro atoms. The van der Waals surface area contributed by atoms with E-state index in [1.165, 1.54) is 12.3 Å². The van der Waals surface area contributed by atoms with Crippen molar-refractivity contribution >= 4 is 15.8 Å². The first-order valence-electron chi connectivity index (χ1n) is 19.8. The molecule has 240 valence electrons. The minimum atomic E-state index is -0.0402. The van der Waals surface area contributed by atoms with Gasteiger partial charge in [0.2, 0.25) is 0 Å². The van der Waals surface area contributed by atoms with E-state index >= 15 is 0 Å². The van der Waals surface area contributed by atoms with Crippen molar-refractivity contribution < 1.29 is 0 Å². The third-order valence-electron chi connectivity index (χ3n) is 16.3. The lowest BCUT2D eigenvalue weighted by molar-refractivity contribution is 0.0184. The van der Waals surface area contributed by atoms with E-state index in [2.05, 4.69) is 45.0 Å². The summed E-state index contributed by atoms with van der Waals surface area (Å²) in [6.07, 6.45) is 32.1. The summed E-state index contributed by atoms with van der Waals surface area (Å²) in [5.41, 5.74) is 3.71. The number of hydrogen-bond donors (Lipinski definition) is 0. The molecule has 1 atom stereocenters. The van der Waals surface area contributed by atoms with Crippen LogP contribution in [0.5, 0.6) is 0 Å². The summed E-state index contributed by atoms with van der Waals surface area (Å²) in [5, 5.41) is 2.65. The molecule has 0 radical (unpaired) electrons. The molecule has 1 aromatic carbocycles. The molecule has 0 nitrogen and oxygen atoms in total. The van der Waals surface area contributed by atoms with Crippen molar-refractivity contribution in [1.29, 1.82) is 0 Å². The Kier molecular flexibility index (Phi) is 6.64. The molecule has 12 bridgehead atoms. The molecule has 12 fully saturated rings. The maximum Gasteiger partial charge on any atom is -0.00603 e. The van der Waals surface area contributed by atoms with Gasteiger partial charge in [-0.05, 0) is 213 Å². The van der Waals surface area contributed by atoms with Gasteiger partial charge >= 0.3 is 0 Å². The molecular weight excluding hydrogens is 566 g/mol. The highest BCUT2D eigenvalue weighted by Gasteiger charge is 2.63. The highest BCUT2D eigenvalue weighted by Crippen LogP contribution is 2.80. The van der Waals surface area contributed by atoms with E-state index in [0.29, 0.717) is 10.3 Å². The van der Waals surface area contributed by atoms with Gasteiger partial charge in [-0.1, -0.05) is 60.9 Å². The molecular formula is C42H62P2. The average Bonchev–Trinajstić information content (AvgIpc) is 2.92. The lowest BCUT2D eigenvalue weighted by Crippen LogP contribution is -2.56. The zero-order valence-electron chi connectivity index (χ0n) is 28.5. The fourth-order valence-electron chi connectivity index (χ4n) is 16.3. The van der Waals surface area contributed by atoms with Crippen molar-refractivity contribution in [2.45, 2.75) is 169 Å². The molecule has 1 unspecified atom stereocenters. The lowest BCUT2D eigenvalue weighted by Gasteiger charge is -2.67. The van der Waals surface area contributed by atoms with Gasteiger partial charge in [0.15, 0.2) is 0 Å². The number of benzene rings is 1. The van der Waals surface area contributed by atoms with E-state index < -0.39 is 0 Å². The Morgan fingerprint density at radius 3 is 1.09 bits per heavy atom. The van der Waals surface area contributed by atoms with Crippen LogP contribution in [0.4, 0.5) is 0 Å². The van der Waals surface area contributed by atoms with Crippen LogP contribution in [0, 0.1) is 53.3 Å². The van der Waals surface area contributed by atoms with E-state index in [1.54, 1.807) is 116 Å². The molecule has 0 aliphatic heterocycles. The largest absolute Gasteiger partial charge is 0.0903 e. The molecule has 0 saturated heterocycles. The highest BCUT2D eigenvalue weighted by atomic mass is 31.1. The Morgan fingerprint density at radius 2 is 0.773 bits per heavy atom. The molecule has 13 rings (SSSR count). The summed E-state index contributed by atoms with van der Waals surface area (Å²) in [6.45, 7) is 7.99. The molecule has 12 saturated carbocycles. The second-order valence-electron chi connectivity index (χ2n) is 20.5. The van der Waals surface area contributed by atoms with Crippen LogP contribution in [-0.2, 0) is 12.3 Å². The third kappa shape index (κ3) is 4.61. The second kappa shape index (κ2) is 10.1. The van der Waals surface area contributed by atoms with Crippen molar-refractivity contribution in [3.05, 3.63) is 35.4 Å². The molecule has 1 aromatic rings. The van der Waals surface area contributed by atoms with Crippen molar-refractivity contribution in [2.75, 3.05) is 0 Å². The first kappa shape index (κ1) is 29.0. The van der Waals surface area contributed by atoms with Crippen molar-refractivity contribution in [3.63, 3.8) is 0 Å². The van der Waals surface area contributed by atoms with Gasteiger partial charge in [-0.3, -0.25) is 0 Å². The molecule has 0 aromatic heterocycles. The highest BCUT2D eigenvalue weighted by molar-refractivity contribution is 7.60. The molecule has 0 amide bonds. The molecule has 0 N–H and O–H groups in total. The monoisotopic (exact) mass is 628 g/mol. The van der Waals surface area contributed by atoms with Crippen molar-refractivity contribution in [3.8, 4) is 0 Å². The van der Waals surface area contributed by atoms with Gasteiger partial charge in [-0.15, -0.1) is 0 Å². The summed E-state index contributed by atoms with van der Waals surface area (Å²) < 4.78 is 0. The van der Waals surface area contributed by atoms with Crippen molar-refractivity contribution in [1.82, 2.24) is 0 Å². The van der Waals surface area contributed by atoms with E-state index in [0.717, 1.165) is 63.6 Å². The minimum absolute atomic E-state index is 0.0257. The smallest absolute Gasteiger partial charge is 0.00603 e. The van der Waals surface area contributed by atoms with Crippen LogP contribution in [0.2, 0.25) is 0 Å². The van der Waals surface area contributed by atoms with Crippen LogP contribution < -0.4 is 0 Å². The Morgan fingerprint density at radius 1 is 0.477 bits per heavy atom. The summed E-state index contributed by atoms with van der Waals surface area (Å²) in [7, 11) is -0.0144. The summed E-state index contributed by atoms with van der Waals surface area (Å²) >= 11 is 0. The fourth-order valence-corrected chi connectivity index (χ4v) is 25.9. The van der Waals surface area contributed by atoms with Gasteiger partial charge in [-0.25, -0.2) is 0 Å². The van der Waals surface area contributed by atoms with E-state index in [-0.39, 0.29) is 15.8 Å². The summed E-state index contributed by atoms with van der Waals surface area (Å²) in [4.78, 5) is 0. The van der Waals surface area contributed by atoms with Gasteiger partial charge < -0.3 is 0 Å². The fraction of sp³-hybridized carbons (Fsp3) is 0.857. The summed E-state index contributed by atoms with van der Waals surface area (Å²) in [6, 6.07) is 10.3. The number of rotatable bonds is 7. The van der Waals surface area contributed by atoms with E-state index in [4.69, 9.17) is 0 Å². The van der Waals surface area contributed by atoms with Gasteiger partial charge in [0, 0.05) is 0 Å². The van der Waals surface area contributed by atoms with E-state index in [9.17, 15) is 0 Å². The molecule has 2 heteroatoms. The van der Waals surface area contributed by atoms with Crippen LogP contribution in [0.15, 0.2) is 24.3 Å². The predicted octanol–water partition coefficient (Wildman–Crippen LogP) is 12.4. The SMILES string of the molecule is CC(C)(C)P(Cc1ccccc1CP(C12CC3CC(CC(C3)C1)C2)C12CC3CC(CC(C3)C1)C2)C12CC3CC(CC(C3)C1)C2. The Labute approximate surface area is 273 Å². The van der Waals surface area contributed by atoms with Gasteiger partial charge in [0.1, 0.15) is 0 Å². The van der Waals surface area contributed by atoms with Gasteiger partial charge in [0.05, 0.1) is 0 Å². The normalized spacial score (nSPS) is 50.8. The third-order valence-corrected chi connectivity index (χ3v) is 24.3. The average molecular weight is 629 g/mol. The van der Waals surface area contributed by atoms with Crippen LogP contribution in [-0.4, -0.2) is 20.6 Å². The maximum atomic E-state index is 2.70. The topological polar surface area (TPSA) is 0 Å². The standard InChI is InChI=1S/C42H62P2/c1-39(2,3)43(40-17-28-8-29(18-40)10-30(9-28)19-40)26-37-6-4-5-7-38(37)27-44(41-20-31-11-32(21-41)13-33(12-31)22-41)42-23-34-14-35(24-42)16-36(15-34)25-42/h4-7,28-36H,8-27H2,1-3H3. The van der Waals surface area contributed by atoms with Crippen LogP contribution in [0.1, 0.15) is 147 Å².